The minimum Gasteiger partial charge on any atom is -0.481 e. The molecule has 2 aromatic rings. The highest BCUT2D eigenvalue weighted by Crippen LogP contribution is 2.18. The van der Waals surface area contributed by atoms with Crippen LogP contribution in [0.1, 0.15) is 10.4 Å². The third kappa shape index (κ3) is 4.36. The summed E-state index contributed by atoms with van der Waals surface area (Å²) in [5.74, 6) is -0.938. The number of nitrogens with zero attached hydrogens (tertiary/aromatic N) is 1. The van der Waals surface area contributed by atoms with Gasteiger partial charge in [-0.05, 0) is 5.56 Å². The molecule has 0 radical (unpaired) electrons. The molecule has 104 valence electrons. The van der Waals surface area contributed by atoms with E-state index in [0.717, 1.165) is 16.9 Å². The monoisotopic (exact) mass is 292 g/mol. The fourth-order valence-electron chi connectivity index (χ4n) is 1.44. The van der Waals surface area contributed by atoms with Crippen molar-refractivity contribution < 1.29 is 19.4 Å². The van der Waals surface area contributed by atoms with Crippen LogP contribution in [0.2, 0.25) is 0 Å². The van der Waals surface area contributed by atoms with Crippen molar-refractivity contribution in [2.24, 2.45) is 0 Å². The Hall–Kier alpha value is -2.41. The summed E-state index contributed by atoms with van der Waals surface area (Å²) in [6.07, 6.45) is 0.689. The Morgan fingerprint density at radius 3 is 2.75 bits per heavy atom. The second-order valence-corrected chi connectivity index (χ2v) is 5.00. The summed E-state index contributed by atoms with van der Waals surface area (Å²) in [6.45, 7) is 0.167. The van der Waals surface area contributed by atoms with Gasteiger partial charge in [0.25, 0.3) is 0 Å². The first-order valence-electron chi connectivity index (χ1n) is 5.77. The van der Waals surface area contributed by atoms with Crippen molar-refractivity contribution in [1.82, 2.24) is 4.98 Å². The highest BCUT2D eigenvalue weighted by Gasteiger charge is 2.09. The highest BCUT2D eigenvalue weighted by atomic mass is 32.1. The van der Waals surface area contributed by atoms with Crippen molar-refractivity contribution in [3.05, 3.63) is 47.0 Å². The lowest BCUT2D eigenvalue weighted by molar-refractivity contribution is -0.136. The third-order valence-electron chi connectivity index (χ3n) is 2.30. The zero-order valence-electron chi connectivity index (χ0n) is 10.4. The van der Waals surface area contributed by atoms with Crippen LogP contribution in [0.4, 0.5) is 9.93 Å². The number of rotatable bonds is 5. The SMILES string of the molecule is O=C(O)Cc1cnc(NC(=O)OCc2ccccc2)s1. The van der Waals surface area contributed by atoms with Crippen molar-refractivity contribution in [3.8, 4) is 0 Å². The number of carboxylic acid groups (broad SMARTS) is 1. The largest absolute Gasteiger partial charge is 0.481 e. The number of carbonyl (C=O) groups excluding carboxylic acids is 1. The van der Waals surface area contributed by atoms with Crippen LogP contribution in [0, 0.1) is 0 Å². The third-order valence-corrected chi connectivity index (χ3v) is 3.21. The topological polar surface area (TPSA) is 88.5 Å². The van der Waals surface area contributed by atoms with E-state index in [0.29, 0.717) is 10.0 Å². The standard InChI is InChI=1S/C13H12N2O4S/c16-11(17)6-10-7-14-12(20-10)15-13(18)19-8-9-4-2-1-3-5-9/h1-5,7H,6,8H2,(H,16,17)(H,14,15,18). The maximum atomic E-state index is 11.5. The number of hydrogen-bond acceptors (Lipinski definition) is 5. The molecule has 0 fully saturated rings. The Kier molecular flexibility index (Phi) is 4.67. The Balaban J connectivity index is 1.82. The lowest BCUT2D eigenvalue weighted by Gasteiger charge is -2.04. The van der Waals surface area contributed by atoms with Gasteiger partial charge >= 0.3 is 12.1 Å². The number of aliphatic carboxylic acids is 1. The molecule has 0 aliphatic rings. The molecule has 6 nitrogen and oxygen atoms in total. The van der Waals surface area contributed by atoms with E-state index in [1.807, 2.05) is 30.3 Å². The number of anilines is 1. The van der Waals surface area contributed by atoms with Gasteiger partial charge < -0.3 is 9.84 Å². The zero-order chi connectivity index (χ0) is 14.4. The summed E-state index contributed by atoms with van der Waals surface area (Å²) in [5, 5.41) is 11.4. The summed E-state index contributed by atoms with van der Waals surface area (Å²) >= 11 is 1.11. The first-order chi connectivity index (χ1) is 9.63. The second kappa shape index (κ2) is 6.67. The maximum Gasteiger partial charge on any atom is 0.413 e. The molecule has 0 aliphatic carbocycles. The van der Waals surface area contributed by atoms with Gasteiger partial charge in [-0.25, -0.2) is 9.78 Å². The minimum absolute atomic E-state index is 0.113. The molecule has 0 aliphatic heterocycles. The first kappa shape index (κ1) is 14.0. The van der Waals surface area contributed by atoms with Gasteiger partial charge in [-0.2, -0.15) is 0 Å². The molecule has 0 saturated carbocycles. The van der Waals surface area contributed by atoms with Crippen molar-refractivity contribution in [3.63, 3.8) is 0 Å². The Bertz CT molecular complexity index is 597. The van der Waals surface area contributed by atoms with Crippen LogP contribution in [0.25, 0.3) is 0 Å². The number of ether oxygens (including phenoxy) is 1. The average Bonchev–Trinajstić information content (AvgIpc) is 2.84. The molecule has 1 aromatic heterocycles. The normalized spacial score (nSPS) is 10.0. The minimum atomic E-state index is -0.938. The Morgan fingerprint density at radius 2 is 2.05 bits per heavy atom. The van der Waals surface area contributed by atoms with Gasteiger partial charge in [-0.15, -0.1) is 11.3 Å². The van der Waals surface area contributed by atoms with Crippen molar-refractivity contribution in [2.45, 2.75) is 13.0 Å². The van der Waals surface area contributed by atoms with Gasteiger partial charge in [0.05, 0.1) is 6.42 Å². The van der Waals surface area contributed by atoms with E-state index in [1.54, 1.807) is 0 Å². The summed E-state index contributed by atoms with van der Waals surface area (Å²) in [5.41, 5.74) is 0.883. The molecular weight excluding hydrogens is 280 g/mol. The first-order valence-corrected chi connectivity index (χ1v) is 6.59. The average molecular weight is 292 g/mol. The molecule has 1 aromatic carbocycles. The molecule has 0 saturated heterocycles. The maximum absolute atomic E-state index is 11.5. The van der Waals surface area contributed by atoms with Crippen molar-refractivity contribution >= 4 is 28.5 Å². The van der Waals surface area contributed by atoms with Crippen LogP contribution in [-0.2, 0) is 22.6 Å². The highest BCUT2D eigenvalue weighted by molar-refractivity contribution is 7.15. The van der Waals surface area contributed by atoms with E-state index in [9.17, 15) is 9.59 Å². The zero-order valence-corrected chi connectivity index (χ0v) is 11.2. The van der Waals surface area contributed by atoms with E-state index in [4.69, 9.17) is 9.84 Å². The number of hydrogen-bond donors (Lipinski definition) is 2. The Labute approximate surface area is 119 Å². The van der Waals surface area contributed by atoms with Gasteiger partial charge in [0.1, 0.15) is 6.61 Å². The number of aromatic nitrogens is 1. The van der Waals surface area contributed by atoms with Gasteiger partial charge in [0.15, 0.2) is 5.13 Å². The fourth-order valence-corrected chi connectivity index (χ4v) is 2.23. The number of amides is 1. The summed E-state index contributed by atoms with van der Waals surface area (Å²) < 4.78 is 5.02. The molecule has 0 bridgehead atoms. The molecule has 0 atom stereocenters. The molecule has 7 heteroatoms. The number of nitrogens with one attached hydrogen (secondary N) is 1. The molecule has 0 unspecified atom stereocenters. The fraction of sp³-hybridized carbons (Fsp3) is 0.154. The Morgan fingerprint density at radius 1 is 1.30 bits per heavy atom. The van der Waals surface area contributed by atoms with Crippen molar-refractivity contribution in [1.29, 1.82) is 0 Å². The predicted molar refractivity (Wildman–Crippen MR) is 73.7 cm³/mol. The van der Waals surface area contributed by atoms with Crippen LogP contribution in [-0.4, -0.2) is 22.2 Å². The van der Waals surface area contributed by atoms with E-state index in [-0.39, 0.29) is 13.0 Å². The predicted octanol–water partition coefficient (Wildman–Crippen LogP) is 2.52. The molecule has 2 rings (SSSR count). The smallest absolute Gasteiger partial charge is 0.413 e. The lowest BCUT2D eigenvalue weighted by Crippen LogP contribution is -2.13. The number of carboxylic acids is 1. The number of carbonyl (C=O) groups is 2. The molecule has 2 N–H and O–H groups in total. The summed E-state index contributed by atoms with van der Waals surface area (Å²) in [6, 6.07) is 9.29. The number of benzene rings is 1. The van der Waals surface area contributed by atoms with Crippen LogP contribution >= 0.6 is 11.3 Å². The van der Waals surface area contributed by atoms with E-state index < -0.39 is 12.1 Å². The quantitative estimate of drug-likeness (QED) is 0.884. The molecule has 0 spiro atoms. The van der Waals surface area contributed by atoms with Crippen LogP contribution < -0.4 is 5.32 Å². The molecule has 20 heavy (non-hydrogen) atoms. The van der Waals surface area contributed by atoms with E-state index >= 15 is 0 Å². The van der Waals surface area contributed by atoms with Crippen molar-refractivity contribution in [2.75, 3.05) is 5.32 Å². The van der Waals surface area contributed by atoms with E-state index in [2.05, 4.69) is 10.3 Å². The molecular formula is C13H12N2O4S. The lowest BCUT2D eigenvalue weighted by atomic mass is 10.2. The number of thiazole rings is 1. The van der Waals surface area contributed by atoms with Crippen LogP contribution in [0.5, 0.6) is 0 Å². The van der Waals surface area contributed by atoms with Gasteiger partial charge in [-0.3, -0.25) is 10.1 Å². The summed E-state index contributed by atoms with van der Waals surface area (Å²) in [7, 11) is 0. The van der Waals surface area contributed by atoms with E-state index in [1.165, 1.54) is 6.20 Å². The second-order valence-electron chi connectivity index (χ2n) is 3.89. The van der Waals surface area contributed by atoms with Gasteiger partial charge in [0, 0.05) is 11.1 Å². The summed E-state index contributed by atoms with van der Waals surface area (Å²) in [4.78, 5) is 26.5. The van der Waals surface area contributed by atoms with Gasteiger partial charge in [-0.1, -0.05) is 30.3 Å². The van der Waals surface area contributed by atoms with Crippen LogP contribution in [0.15, 0.2) is 36.5 Å². The molecule has 1 heterocycles. The van der Waals surface area contributed by atoms with Gasteiger partial charge in [0.2, 0.25) is 0 Å². The molecule has 1 amide bonds. The van der Waals surface area contributed by atoms with Crippen LogP contribution in [0.3, 0.4) is 0 Å².